The van der Waals surface area contributed by atoms with Crippen molar-refractivity contribution in [2.75, 3.05) is 44.6 Å². The van der Waals surface area contributed by atoms with Crippen molar-refractivity contribution in [3.05, 3.63) is 59.8 Å². The molecule has 1 N–H and O–H groups in total. The van der Waals surface area contributed by atoms with Gasteiger partial charge in [-0.05, 0) is 30.5 Å². The number of pyridine rings is 1. The number of carbonyl (C=O) groups excluding carboxylic acids is 1. The molecule has 1 unspecified atom stereocenters. The van der Waals surface area contributed by atoms with E-state index in [1.807, 2.05) is 23.1 Å². The first kappa shape index (κ1) is 18.9. The lowest BCUT2D eigenvalue weighted by atomic mass is 10.2. The molecule has 148 valence electrons. The van der Waals surface area contributed by atoms with Crippen molar-refractivity contribution < 1.29 is 9.53 Å². The van der Waals surface area contributed by atoms with Crippen LogP contribution in [0.1, 0.15) is 28.8 Å². The molecule has 2 aliphatic heterocycles. The summed E-state index contributed by atoms with van der Waals surface area (Å²) in [6.45, 7) is 5.87. The van der Waals surface area contributed by atoms with Gasteiger partial charge in [-0.3, -0.25) is 9.69 Å². The third-order valence-electron chi connectivity index (χ3n) is 5.45. The largest absolute Gasteiger partial charge is 0.376 e. The Morgan fingerprint density at radius 3 is 2.61 bits per heavy atom. The van der Waals surface area contributed by atoms with Gasteiger partial charge in [0, 0.05) is 52.1 Å². The molecule has 1 atom stereocenters. The van der Waals surface area contributed by atoms with E-state index >= 15 is 0 Å². The van der Waals surface area contributed by atoms with Crippen molar-refractivity contribution in [1.82, 2.24) is 14.8 Å². The van der Waals surface area contributed by atoms with Crippen LogP contribution in [0.2, 0.25) is 0 Å². The second kappa shape index (κ2) is 9.17. The summed E-state index contributed by atoms with van der Waals surface area (Å²) < 4.78 is 5.61. The summed E-state index contributed by atoms with van der Waals surface area (Å²) in [5.41, 5.74) is 1.97. The number of amides is 1. The molecule has 0 spiro atoms. The highest BCUT2D eigenvalue weighted by Crippen LogP contribution is 2.15. The van der Waals surface area contributed by atoms with E-state index in [2.05, 4.69) is 39.5 Å². The average Bonchev–Trinajstić information content (AvgIpc) is 3.27. The molecular formula is C22H28N4O2. The van der Waals surface area contributed by atoms with E-state index in [-0.39, 0.29) is 12.0 Å². The topological polar surface area (TPSA) is 57.7 Å². The molecule has 0 radical (unpaired) electrons. The van der Waals surface area contributed by atoms with Crippen LogP contribution >= 0.6 is 0 Å². The van der Waals surface area contributed by atoms with E-state index < -0.39 is 0 Å². The Hall–Kier alpha value is -2.44. The zero-order valence-corrected chi connectivity index (χ0v) is 16.2. The third kappa shape index (κ3) is 4.88. The summed E-state index contributed by atoms with van der Waals surface area (Å²) >= 11 is 0. The first-order valence-corrected chi connectivity index (χ1v) is 10.1. The van der Waals surface area contributed by atoms with Gasteiger partial charge in [-0.15, -0.1) is 0 Å². The standard InChI is InChI=1S/C22H28N4O2/c27-22(19-8-9-21(23-15-19)24-16-20-7-4-14-28-20)26-12-10-25(11-13-26)17-18-5-2-1-3-6-18/h1-3,5-6,8-9,15,20H,4,7,10-14,16-17H2,(H,23,24). The van der Waals surface area contributed by atoms with Crippen molar-refractivity contribution in [2.24, 2.45) is 0 Å². The monoisotopic (exact) mass is 380 g/mol. The van der Waals surface area contributed by atoms with Gasteiger partial charge in [0.1, 0.15) is 5.82 Å². The molecule has 1 amide bonds. The van der Waals surface area contributed by atoms with Gasteiger partial charge >= 0.3 is 0 Å². The van der Waals surface area contributed by atoms with Gasteiger partial charge in [0.2, 0.25) is 0 Å². The molecule has 28 heavy (non-hydrogen) atoms. The summed E-state index contributed by atoms with van der Waals surface area (Å²) in [7, 11) is 0. The smallest absolute Gasteiger partial charge is 0.255 e. The number of rotatable bonds is 6. The van der Waals surface area contributed by atoms with Crippen LogP contribution in [0, 0.1) is 0 Å². The minimum atomic E-state index is 0.0672. The lowest BCUT2D eigenvalue weighted by Crippen LogP contribution is -2.48. The SMILES string of the molecule is O=C(c1ccc(NCC2CCCO2)nc1)N1CCN(Cc2ccccc2)CC1. The molecule has 6 heteroatoms. The maximum absolute atomic E-state index is 12.8. The van der Waals surface area contributed by atoms with E-state index in [0.717, 1.165) is 64.5 Å². The van der Waals surface area contributed by atoms with Crippen LogP contribution in [0.5, 0.6) is 0 Å². The van der Waals surface area contributed by atoms with Crippen molar-refractivity contribution in [3.63, 3.8) is 0 Å². The summed E-state index contributed by atoms with van der Waals surface area (Å²) in [5, 5.41) is 3.29. The second-order valence-electron chi connectivity index (χ2n) is 7.50. The number of piperazine rings is 1. The number of hydrogen-bond donors (Lipinski definition) is 1. The Labute approximate surface area is 166 Å². The predicted octanol–water partition coefficient (Wildman–Crippen LogP) is 2.63. The summed E-state index contributed by atoms with van der Waals surface area (Å²) in [5.74, 6) is 0.859. The molecule has 2 aromatic rings. The molecule has 0 bridgehead atoms. The molecule has 2 saturated heterocycles. The molecule has 1 aromatic heterocycles. The first-order chi connectivity index (χ1) is 13.8. The maximum atomic E-state index is 12.8. The number of hydrogen-bond acceptors (Lipinski definition) is 5. The van der Waals surface area contributed by atoms with Crippen LogP contribution < -0.4 is 5.32 Å². The van der Waals surface area contributed by atoms with E-state index in [0.29, 0.717) is 5.56 Å². The molecule has 0 aliphatic carbocycles. The molecule has 1 aromatic carbocycles. The zero-order valence-electron chi connectivity index (χ0n) is 16.2. The number of carbonyl (C=O) groups is 1. The van der Waals surface area contributed by atoms with Gasteiger partial charge < -0.3 is 15.0 Å². The van der Waals surface area contributed by atoms with Gasteiger partial charge in [0.25, 0.3) is 5.91 Å². The number of aromatic nitrogens is 1. The van der Waals surface area contributed by atoms with E-state index in [4.69, 9.17) is 4.74 Å². The second-order valence-corrected chi connectivity index (χ2v) is 7.50. The maximum Gasteiger partial charge on any atom is 0.255 e. The molecular weight excluding hydrogens is 352 g/mol. The molecule has 2 aliphatic rings. The Morgan fingerprint density at radius 2 is 1.93 bits per heavy atom. The number of nitrogens with zero attached hydrogens (tertiary/aromatic N) is 3. The van der Waals surface area contributed by atoms with Gasteiger partial charge in [0.05, 0.1) is 11.7 Å². The number of benzene rings is 1. The predicted molar refractivity (Wildman–Crippen MR) is 109 cm³/mol. The molecule has 6 nitrogen and oxygen atoms in total. The van der Waals surface area contributed by atoms with Crippen molar-refractivity contribution in [2.45, 2.75) is 25.5 Å². The molecule has 2 fully saturated rings. The zero-order chi connectivity index (χ0) is 19.2. The quantitative estimate of drug-likeness (QED) is 0.835. The Balaban J connectivity index is 1.25. The first-order valence-electron chi connectivity index (χ1n) is 10.1. The summed E-state index contributed by atoms with van der Waals surface area (Å²) in [6.07, 6.45) is 4.18. The fourth-order valence-electron chi connectivity index (χ4n) is 3.78. The average molecular weight is 380 g/mol. The highest BCUT2D eigenvalue weighted by atomic mass is 16.5. The minimum absolute atomic E-state index is 0.0672. The van der Waals surface area contributed by atoms with Gasteiger partial charge in [0.15, 0.2) is 0 Å². The van der Waals surface area contributed by atoms with Crippen LogP contribution in [-0.2, 0) is 11.3 Å². The van der Waals surface area contributed by atoms with Gasteiger partial charge in [-0.1, -0.05) is 30.3 Å². The fraction of sp³-hybridized carbons (Fsp3) is 0.455. The van der Waals surface area contributed by atoms with Crippen molar-refractivity contribution in [1.29, 1.82) is 0 Å². The van der Waals surface area contributed by atoms with Crippen LogP contribution in [0.4, 0.5) is 5.82 Å². The molecule has 4 rings (SSSR count). The Kier molecular flexibility index (Phi) is 6.19. The summed E-state index contributed by atoms with van der Waals surface area (Å²) in [6, 6.07) is 14.2. The van der Waals surface area contributed by atoms with Crippen LogP contribution in [0.25, 0.3) is 0 Å². The molecule has 0 saturated carbocycles. The van der Waals surface area contributed by atoms with Gasteiger partial charge in [-0.2, -0.15) is 0 Å². The third-order valence-corrected chi connectivity index (χ3v) is 5.45. The lowest BCUT2D eigenvalue weighted by molar-refractivity contribution is 0.0628. The highest BCUT2D eigenvalue weighted by molar-refractivity contribution is 5.94. The number of anilines is 1. The van der Waals surface area contributed by atoms with E-state index in [1.54, 1.807) is 6.20 Å². The normalized spacial score (nSPS) is 20.3. The Morgan fingerprint density at radius 1 is 1.11 bits per heavy atom. The Bertz CT molecular complexity index is 752. The van der Waals surface area contributed by atoms with E-state index in [1.165, 1.54) is 5.56 Å². The van der Waals surface area contributed by atoms with Crippen molar-refractivity contribution >= 4 is 11.7 Å². The van der Waals surface area contributed by atoms with Crippen LogP contribution in [0.3, 0.4) is 0 Å². The minimum Gasteiger partial charge on any atom is -0.376 e. The highest BCUT2D eigenvalue weighted by Gasteiger charge is 2.22. The number of ether oxygens (including phenoxy) is 1. The van der Waals surface area contributed by atoms with Gasteiger partial charge in [-0.25, -0.2) is 4.98 Å². The molecule has 3 heterocycles. The summed E-state index contributed by atoms with van der Waals surface area (Å²) in [4.78, 5) is 21.5. The van der Waals surface area contributed by atoms with E-state index in [9.17, 15) is 4.79 Å². The number of nitrogens with one attached hydrogen (secondary N) is 1. The van der Waals surface area contributed by atoms with Crippen molar-refractivity contribution in [3.8, 4) is 0 Å². The fourth-order valence-corrected chi connectivity index (χ4v) is 3.78. The lowest BCUT2D eigenvalue weighted by Gasteiger charge is -2.34. The van der Waals surface area contributed by atoms with Crippen LogP contribution in [-0.4, -0.2) is 66.1 Å². The van der Waals surface area contributed by atoms with Crippen LogP contribution in [0.15, 0.2) is 48.7 Å².